The zero-order valence-corrected chi connectivity index (χ0v) is 28.8. The largest absolute Gasteiger partial charge is 0.494 e. The van der Waals surface area contributed by atoms with Crippen LogP contribution in [0.4, 0.5) is 0 Å². The average Bonchev–Trinajstić information content (AvgIpc) is 3.40. The average molecular weight is 691 g/mol. The number of esters is 4. The van der Waals surface area contributed by atoms with E-state index in [1.165, 1.54) is 6.92 Å². The van der Waals surface area contributed by atoms with Gasteiger partial charge in [0.15, 0.2) is 12.2 Å². The van der Waals surface area contributed by atoms with Crippen molar-refractivity contribution in [2.45, 2.75) is 104 Å². The lowest BCUT2D eigenvalue weighted by atomic mass is 9.97. The second kappa shape index (κ2) is 18.2. The number of nitrogens with two attached hydrogens (primary N) is 1. The van der Waals surface area contributed by atoms with Crippen molar-refractivity contribution in [1.29, 1.82) is 0 Å². The first-order chi connectivity index (χ1) is 23.2. The van der Waals surface area contributed by atoms with Crippen LogP contribution < -0.4 is 20.5 Å². The van der Waals surface area contributed by atoms with Gasteiger partial charge >= 0.3 is 23.9 Å². The normalized spacial score (nSPS) is 20.9. The summed E-state index contributed by atoms with van der Waals surface area (Å²) < 4.78 is 39.8. The third kappa shape index (κ3) is 11.7. The van der Waals surface area contributed by atoms with Crippen LogP contribution in [-0.2, 0) is 54.1 Å². The summed E-state index contributed by atoms with van der Waals surface area (Å²) in [5.74, 6) is -2.49. The number of hydrogen-bond acceptors (Lipinski definition) is 14. The maximum Gasteiger partial charge on any atom is 0.303 e. The first kappa shape index (κ1) is 38.7. The van der Waals surface area contributed by atoms with E-state index >= 15 is 0 Å². The molecule has 3 rings (SSSR count). The molecule has 0 saturated carbocycles. The van der Waals surface area contributed by atoms with Gasteiger partial charge in [0.1, 0.15) is 18.5 Å². The number of carbonyl (C=O) groups is 5. The highest BCUT2D eigenvalue weighted by atomic mass is 16.7. The molecule has 1 aliphatic heterocycles. The number of aromatic amines is 1. The van der Waals surface area contributed by atoms with Crippen molar-refractivity contribution in [2.24, 2.45) is 5.73 Å². The molecule has 0 aliphatic carbocycles. The summed E-state index contributed by atoms with van der Waals surface area (Å²) in [5, 5.41) is 10.4. The maximum atomic E-state index is 12.2. The minimum absolute atomic E-state index is 0.00347. The number of carbonyl (C=O) groups excluding carboxylic acids is 5. The number of nitrogens with zero attached hydrogens (tertiary/aromatic N) is 1. The monoisotopic (exact) mass is 690 g/mol. The molecular weight excluding hydrogens is 644 g/mol. The highest BCUT2D eigenvalue weighted by Crippen LogP contribution is 2.34. The van der Waals surface area contributed by atoms with Crippen LogP contribution in [0.25, 0.3) is 0 Å². The molecule has 1 aromatic heterocycles. The summed E-state index contributed by atoms with van der Waals surface area (Å²) in [4.78, 5) is 59.3. The van der Waals surface area contributed by atoms with E-state index in [-0.39, 0.29) is 18.4 Å². The van der Waals surface area contributed by atoms with Crippen LogP contribution in [0.5, 0.6) is 11.6 Å². The Hall–Kier alpha value is -4.70. The Morgan fingerprint density at radius 2 is 1.51 bits per heavy atom. The van der Waals surface area contributed by atoms with Gasteiger partial charge in [-0.15, -0.1) is 5.10 Å². The van der Waals surface area contributed by atoms with Gasteiger partial charge in [0.25, 0.3) is 0 Å². The van der Waals surface area contributed by atoms with Gasteiger partial charge < -0.3 is 44.2 Å². The van der Waals surface area contributed by atoms with Crippen LogP contribution >= 0.6 is 0 Å². The van der Waals surface area contributed by atoms with Crippen molar-refractivity contribution in [3.05, 3.63) is 41.1 Å². The lowest BCUT2D eigenvalue weighted by Gasteiger charge is -2.43. The number of amides is 1. The number of hydrogen-bond donors (Lipinski definition) is 3. The first-order valence-corrected chi connectivity index (χ1v) is 15.9. The molecule has 1 saturated heterocycles. The fraction of sp³-hybridized carbons (Fsp3) is 0.576. The molecule has 2 heterocycles. The number of rotatable bonds is 17. The Labute approximate surface area is 284 Å². The van der Waals surface area contributed by atoms with Gasteiger partial charge in [-0.1, -0.05) is 26.0 Å². The molecule has 0 spiro atoms. The smallest absolute Gasteiger partial charge is 0.303 e. The molecule has 270 valence electrons. The minimum Gasteiger partial charge on any atom is -0.494 e. The van der Waals surface area contributed by atoms with E-state index in [1.807, 2.05) is 38.1 Å². The highest BCUT2D eigenvalue weighted by molar-refractivity contribution is 5.79. The Kier molecular flexibility index (Phi) is 14.4. The van der Waals surface area contributed by atoms with E-state index in [1.54, 1.807) is 6.92 Å². The number of benzene rings is 1. The molecule has 1 amide bonds. The van der Waals surface area contributed by atoms with Crippen molar-refractivity contribution in [2.75, 3.05) is 19.8 Å². The second-order valence-electron chi connectivity index (χ2n) is 11.9. The Bertz CT molecular complexity index is 1440. The van der Waals surface area contributed by atoms with Crippen LogP contribution in [0.1, 0.15) is 77.6 Å². The Morgan fingerprint density at radius 3 is 2.08 bits per heavy atom. The molecule has 6 atom stereocenters. The minimum atomic E-state index is -1.43. The third-order valence-electron chi connectivity index (χ3n) is 7.39. The Balaban J connectivity index is 1.86. The van der Waals surface area contributed by atoms with Gasteiger partial charge in [0, 0.05) is 45.4 Å². The second-order valence-corrected chi connectivity index (χ2v) is 11.9. The van der Waals surface area contributed by atoms with Gasteiger partial charge in [0.05, 0.1) is 12.6 Å². The van der Waals surface area contributed by atoms with E-state index in [9.17, 15) is 24.0 Å². The van der Waals surface area contributed by atoms with Crippen molar-refractivity contribution >= 4 is 29.8 Å². The van der Waals surface area contributed by atoms with Crippen molar-refractivity contribution in [1.82, 2.24) is 15.5 Å². The quantitative estimate of drug-likeness (QED) is 0.123. The lowest BCUT2D eigenvalue weighted by Crippen LogP contribution is -2.63. The van der Waals surface area contributed by atoms with E-state index in [0.717, 1.165) is 32.0 Å². The molecule has 4 N–H and O–H groups in total. The van der Waals surface area contributed by atoms with Crippen LogP contribution in [-0.4, -0.2) is 96.5 Å². The van der Waals surface area contributed by atoms with Crippen LogP contribution in [0.15, 0.2) is 24.3 Å². The van der Waals surface area contributed by atoms with Crippen molar-refractivity contribution in [3.63, 3.8) is 0 Å². The highest BCUT2D eigenvalue weighted by Gasteiger charge is 2.53. The zero-order valence-electron chi connectivity index (χ0n) is 28.8. The molecule has 49 heavy (non-hydrogen) atoms. The van der Waals surface area contributed by atoms with Gasteiger partial charge in [-0.25, -0.2) is 0 Å². The van der Waals surface area contributed by atoms with Gasteiger partial charge in [-0.05, 0) is 43.5 Å². The molecule has 0 unspecified atom stereocenters. The molecule has 0 bridgehead atoms. The number of ether oxygens (including phenoxy) is 7. The van der Waals surface area contributed by atoms with Crippen LogP contribution in [0.3, 0.4) is 0 Å². The number of primary amides is 1. The molecular formula is C33H46N4O12. The summed E-state index contributed by atoms with van der Waals surface area (Å²) in [6, 6.07) is 7.06. The number of H-pyrrole nitrogens is 1. The molecule has 1 aromatic carbocycles. The maximum absolute atomic E-state index is 12.2. The van der Waals surface area contributed by atoms with E-state index < -0.39 is 66.5 Å². The van der Waals surface area contributed by atoms with Gasteiger partial charge in [-0.2, -0.15) is 0 Å². The van der Waals surface area contributed by atoms with E-state index in [2.05, 4.69) is 15.5 Å². The fourth-order valence-corrected chi connectivity index (χ4v) is 5.09. The Morgan fingerprint density at radius 1 is 0.898 bits per heavy atom. The summed E-state index contributed by atoms with van der Waals surface area (Å²) in [5.41, 5.74) is 7.62. The van der Waals surface area contributed by atoms with Crippen molar-refractivity contribution < 1.29 is 57.1 Å². The number of nitrogens with one attached hydrogen (secondary N) is 2. The molecule has 16 heteroatoms. The fourth-order valence-electron chi connectivity index (χ4n) is 5.09. The first-order valence-electron chi connectivity index (χ1n) is 15.9. The third-order valence-corrected chi connectivity index (χ3v) is 7.39. The van der Waals surface area contributed by atoms with Crippen molar-refractivity contribution in [3.8, 4) is 11.6 Å². The van der Waals surface area contributed by atoms with Gasteiger partial charge in [-0.3, -0.25) is 29.1 Å². The summed E-state index contributed by atoms with van der Waals surface area (Å²) in [6.45, 7) is 10.9. The topological polar surface area (TPSA) is 217 Å². The van der Waals surface area contributed by atoms with E-state index in [0.29, 0.717) is 37.3 Å². The van der Waals surface area contributed by atoms with Crippen LogP contribution in [0.2, 0.25) is 0 Å². The SMILES string of the molecule is CC(=O)OC[C@H]1O[C@@H](Oc2n[nH]c(C(C)C)c2Cc2ccc(OCCCN[C@@H](C)C(N)=O)cc2)[C@H](OC(C)=O)[C@@H](OC(C)=O)[C@@H]1OC(C)=O. The molecule has 0 radical (unpaired) electrons. The van der Waals surface area contributed by atoms with Crippen LogP contribution in [0, 0.1) is 0 Å². The molecule has 16 nitrogen and oxygen atoms in total. The number of aromatic nitrogens is 2. The zero-order chi connectivity index (χ0) is 36.2. The molecule has 1 fully saturated rings. The predicted molar refractivity (Wildman–Crippen MR) is 171 cm³/mol. The molecule has 2 aromatic rings. The summed E-state index contributed by atoms with van der Waals surface area (Å²) in [6.07, 6.45) is -5.66. The van der Waals surface area contributed by atoms with Gasteiger partial charge in [0.2, 0.25) is 24.2 Å². The summed E-state index contributed by atoms with van der Waals surface area (Å²) >= 11 is 0. The molecule has 1 aliphatic rings. The predicted octanol–water partition coefficient (Wildman–Crippen LogP) is 1.82. The summed E-state index contributed by atoms with van der Waals surface area (Å²) in [7, 11) is 0. The lowest BCUT2D eigenvalue weighted by molar-refractivity contribution is -0.289. The standard InChI is InChI=1S/C33H46N4O12/c1-17(2)27-25(15-23-9-11-24(12-10-23)43-14-8-13-35-18(3)31(34)42)32(37-36-27)49-33-30(47-22(7)41)29(46-21(6)40)28(45-20(5)39)26(48-33)16-44-19(4)38/h9-12,17-18,26,28-30,33,35H,8,13-16H2,1-7H3,(H2,34,42)(H,36,37)/t18-,26+,28+,29-,30+,33-/m0/s1. The van der Waals surface area contributed by atoms with E-state index in [4.69, 9.17) is 38.9 Å².